The number of thiazole rings is 1. The van der Waals surface area contributed by atoms with Crippen LogP contribution in [0.15, 0.2) is 58.0 Å². The Morgan fingerprint density at radius 3 is 2.93 bits per heavy atom. The molecule has 1 unspecified atom stereocenters. The zero-order chi connectivity index (χ0) is 19.3. The molecular weight excluding hydrogens is 378 g/mol. The Kier molecular flexibility index (Phi) is 5.24. The fraction of sp³-hybridized carbons (Fsp3) is 0.211. The molecule has 4 rings (SSSR count). The smallest absolute Gasteiger partial charge is 0.263 e. The third-order valence-electron chi connectivity index (χ3n) is 3.71. The van der Waals surface area contributed by atoms with Crippen LogP contribution in [0.25, 0.3) is 10.2 Å². The Morgan fingerprint density at radius 2 is 2.11 bits per heavy atom. The molecule has 0 aliphatic heterocycles. The molecule has 142 valence electrons. The van der Waals surface area contributed by atoms with Gasteiger partial charge in [-0.25, -0.2) is 4.98 Å². The van der Waals surface area contributed by atoms with Gasteiger partial charge in [0.25, 0.3) is 5.89 Å². The average molecular weight is 395 g/mol. The SMILES string of the molecule is CC(C)O/N=C/c1ccnc(C(Oc2ccc3ncsc3c2)c2nnco2)c1. The van der Waals surface area contributed by atoms with Gasteiger partial charge in [-0.3, -0.25) is 4.98 Å². The summed E-state index contributed by atoms with van der Waals surface area (Å²) in [5.41, 5.74) is 4.15. The van der Waals surface area contributed by atoms with Gasteiger partial charge in [-0.1, -0.05) is 5.16 Å². The molecule has 0 bridgehead atoms. The molecule has 1 aromatic carbocycles. The van der Waals surface area contributed by atoms with E-state index >= 15 is 0 Å². The number of hydrogen-bond donors (Lipinski definition) is 0. The summed E-state index contributed by atoms with van der Waals surface area (Å²) in [7, 11) is 0. The predicted octanol–water partition coefficient (Wildman–Crippen LogP) is 4.00. The molecule has 4 aromatic rings. The van der Waals surface area contributed by atoms with Crippen LogP contribution < -0.4 is 4.74 Å². The monoisotopic (exact) mass is 395 g/mol. The molecule has 0 saturated heterocycles. The van der Waals surface area contributed by atoms with Crippen LogP contribution >= 0.6 is 11.3 Å². The van der Waals surface area contributed by atoms with E-state index in [1.807, 2.05) is 44.2 Å². The largest absolute Gasteiger partial charge is 0.474 e. The second-order valence-electron chi connectivity index (χ2n) is 6.16. The summed E-state index contributed by atoms with van der Waals surface area (Å²) < 4.78 is 12.6. The third-order valence-corrected chi connectivity index (χ3v) is 4.50. The number of aromatic nitrogens is 4. The van der Waals surface area contributed by atoms with E-state index in [1.165, 1.54) is 6.39 Å². The fourth-order valence-corrected chi connectivity index (χ4v) is 3.19. The number of oxime groups is 1. The lowest BCUT2D eigenvalue weighted by Crippen LogP contribution is -2.12. The number of hydrogen-bond acceptors (Lipinski definition) is 9. The number of benzene rings is 1. The summed E-state index contributed by atoms with van der Waals surface area (Å²) in [6.45, 7) is 3.82. The van der Waals surface area contributed by atoms with Gasteiger partial charge in [0.1, 0.15) is 11.9 Å². The molecule has 9 heteroatoms. The van der Waals surface area contributed by atoms with Gasteiger partial charge in [0, 0.05) is 6.20 Å². The van der Waals surface area contributed by atoms with Crippen LogP contribution in [0.3, 0.4) is 0 Å². The van der Waals surface area contributed by atoms with E-state index in [0.29, 0.717) is 17.3 Å². The maximum Gasteiger partial charge on any atom is 0.263 e. The highest BCUT2D eigenvalue weighted by molar-refractivity contribution is 7.16. The quantitative estimate of drug-likeness (QED) is 0.345. The lowest BCUT2D eigenvalue weighted by atomic mass is 10.1. The van der Waals surface area contributed by atoms with E-state index in [4.69, 9.17) is 14.0 Å². The highest BCUT2D eigenvalue weighted by Gasteiger charge is 2.23. The first-order chi connectivity index (χ1) is 13.7. The minimum absolute atomic E-state index is 0.00805. The van der Waals surface area contributed by atoms with Crippen molar-refractivity contribution in [1.29, 1.82) is 0 Å². The Labute approximate surface area is 164 Å². The highest BCUT2D eigenvalue weighted by Crippen LogP contribution is 2.29. The van der Waals surface area contributed by atoms with Crippen molar-refractivity contribution in [3.05, 3.63) is 65.6 Å². The van der Waals surface area contributed by atoms with Gasteiger partial charge < -0.3 is 14.0 Å². The molecule has 0 aliphatic rings. The molecule has 3 aromatic heterocycles. The first kappa shape index (κ1) is 18.1. The first-order valence-electron chi connectivity index (χ1n) is 8.60. The maximum absolute atomic E-state index is 6.16. The summed E-state index contributed by atoms with van der Waals surface area (Å²) in [4.78, 5) is 13.9. The summed E-state index contributed by atoms with van der Waals surface area (Å²) in [5.74, 6) is 0.966. The van der Waals surface area contributed by atoms with Crippen molar-refractivity contribution >= 4 is 27.8 Å². The van der Waals surface area contributed by atoms with E-state index in [2.05, 4.69) is 25.3 Å². The molecule has 0 saturated carbocycles. The molecule has 0 radical (unpaired) electrons. The van der Waals surface area contributed by atoms with Crippen LogP contribution in [0.1, 0.15) is 37.1 Å². The Morgan fingerprint density at radius 1 is 1.18 bits per heavy atom. The molecule has 0 spiro atoms. The van der Waals surface area contributed by atoms with Gasteiger partial charge in [-0.2, -0.15) is 0 Å². The van der Waals surface area contributed by atoms with Gasteiger partial charge in [0.15, 0.2) is 0 Å². The van der Waals surface area contributed by atoms with Crippen molar-refractivity contribution in [2.45, 2.75) is 26.1 Å². The second-order valence-corrected chi connectivity index (χ2v) is 7.05. The summed E-state index contributed by atoms with van der Waals surface area (Å²) >= 11 is 1.55. The topological polar surface area (TPSA) is 95.5 Å². The predicted molar refractivity (Wildman–Crippen MR) is 104 cm³/mol. The van der Waals surface area contributed by atoms with Crippen molar-refractivity contribution in [3.8, 4) is 5.75 Å². The molecule has 3 heterocycles. The maximum atomic E-state index is 6.16. The van der Waals surface area contributed by atoms with Crippen molar-refractivity contribution < 1.29 is 14.0 Å². The molecule has 0 aliphatic carbocycles. The Bertz CT molecular complexity index is 1080. The van der Waals surface area contributed by atoms with Crippen molar-refractivity contribution in [3.63, 3.8) is 0 Å². The number of nitrogens with zero attached hydrogens (tertiary/aromatic N) is 5. The van der Waals surface area contributed by atoms with E-state index in [9.17, 15) is 0 Å². The average Bonchev–Trinajstić information content (AvgIpc) is 3.37. The number of rotatable bonds is 7. The van der Waals surface area contributed by atoms with Gasteiger partial charge in [-0.15, -0.1) is 21.5 Å². The minimum Gasteiger partial charge on any atom is -0.474 e. The Hall–Kier alpha value is -3.33. The van der Waals surface area contributed by atoms with Crippen LogP contribution in [-0.4, -0.2) is 32.5 Å². The van der Waals surface area contributed by atoms with E-state index in [-0.39, 0.29) is 6.10 Å². The summed E-state index contributed by atoms with van der Waals surface area (Å²) in [5, 5.41) is 11.7. The van der Waals surface area contributed by atoms with Gasteiger partial charge >= 0.3 is 0 Å². The minimum atomic E-state index is -0.660. The van der Waals surface area contributed by atoms with Crippen molar-refractivity contribution in [2.24, 2.45) is 5.16 Å². The molecule has 0 amide bonds. The molecule has 8 nitrogen and oxygen atoms in total. The first-order valence-corrected chi connectivity index (χ1v) is 9.48. The van der Waals surface area contributed by atoms with Crippen LogP contribution in [0, 0.1) is 0 Å². The zero-order valence-corrected chi connectivity index (χ0v) is 16.0. The van der Waals surface area contributed by atoms with E-state index in [1.54, 1.807) is 29.3 Å². The standard InChI is InChI=1S/C19H17N5O3S/c1-12(2)27-23-9-13-5-6-20-16(7-13)18(19-24-22-10-25-19)26-14-3-4-15-17(8-14)28-11-21-15/h3-12,18H,1-2H3/b23-9+. The summed E-state index contributed by atoms with van der Waals surface area (Å²) in [6, 6.07) is 9.36. The number of pyridine rings is 1. The normalized spacial score (nSPS) is 12.7. The fourth-order valence-electron chi connectivity index (χ4n) is 2.48. The highest BCUT2D eigenvalue weighted by atomic mass is 32.1. The van der Waals surface area contributed by atoms with Crippen molar-refractivity contribution in [1.82, 2.24) is 20.2 Å². The molecular formula is C19H17N5O3S. The number of ether oxygens (including phenoxy) is 1. The molecule has 1 atom stereocenters. The van der Waals surface area contributed by atoms with Crippen LogP contribution in [0.4, 0.5) is 0 Å². The van der Waals surface area contributed by atoms with Crippen LogP contribution in [0.5, 0.6) is 5.75 Å². The van der Waals surface area contributed by atoms with Crippen LogP contribution in [0.2, 0.25) is 0 Å². The van der Waals surface area contributed by atoms with Crippen LogP contribution in [-0.2, 0) is 4.84 Å². The lowest BCUT2D eigenvalue weighted by Gasteiger charge is -2.15. The second kappa shape index (κ2) is 8.13. The van der Waals surface area contributed by atoms with E-state index in [0.717, 1.165) is 15.8 Å². The summed E-state index contributed by atoms with van der Waals surface area (Å²) in [6.07, 6.45) is 3.91. The number of fused-ring (bicyclic) bond motifs is 1. The third kappa shape index (κ3) is 4.15. The molecule has 0 N–H and O–H groups in total. The molecule has 28 heavy (non-hydrogen) atoms. The van der Waals surface area contributed by atoms with Gasteiger partial charge in [-0.05, 0) is 49.7 Å². The van der Waals surface area contributed by atoms with Crippen molar-refractivity contribution in [2.75, 3.05) is 0 Å². The lowest BCUT2D eigenvalue weighted by molar-refractivity contribution is 0.0873. The zero-order valence-electron chi connectivity index (χ0n) is 15.2. The van der Waals surface area contributed by atoms with Gasteiger partial charge in [0.05, 0.1) is 27.6 Å². The van der Waals surface area contributed by atoms with E-state index < -0.39 is 6.10 Å². The Balaban J connectivity index is 1.64. The molecule has 0 fully saturated rings. The van der Waals surface area contributed by atoms with Gasteiger partial charge in [0.2, 0.25) is 12.5 Å².